The largest absolute Gasteiger partial charge is 0.493 e. The number of halogens is 1. The highest BCUT2D eigenvalue weighted by Gasteiger charge is 2.26. The number of ketones is 1. The van der Waals surface area contributed by atoms with E-state index in [-0.39, 0.29) is 41.4 Å². The summed E-state index contributed by atoms with van der Waals surface area (Å²) in [6, 6.07) is 10.7. The predicted molar refractivity (Wildman–Crippen MR) is 155 cm³/mol. The summed E-state index contributed by atoms with van der Waals surface area (Å²) in [7, 11) is 0. The number of thioether (sulfide) groups is 2. The third-order valence-corrected chi connectivity index (χ3v) is 7.32. The first kappa shape index (κ1) is 30.8. The van der Waals surface area contributed by atoms with E-state index in [1.54, 1.807) is 25.3 Å². The zero-order chi connectivity index (χ0) is 30.2. The molecule has 0 saturated heterocycles. The molecule has 0 fully saturated rings. The van der Waals surface area contributed by atoms with Gasteiger partial charge < -0.3 is 19.6 Å². The van der Waals surface area contributed by atoms with Crippen LogP contribution in [0, 0.1) is 12.7 Å². The minimum Gasteiger partial charge on any atom is -0.493 e. The van der Waals surface area contributed by atoms with E-state index in [0.29, 0.717) is 40.6 Å². The van der Waals surface area contributed by atoms with Crippen LogP contribution in [0.5, 0.6) is 5.75 Å². The van der Waals surface area contributed by atoms with Crippen molar-refractivity contribution in [3.8, 4) is 5.75 Å². The molecule has 11 nitrogen and oxygen atoms in total. The van der Waals surface area contributed by atoms with Gasteiger partial charge in [0.1, 0.15) is 28.0 Å². The van der Waals surface area contributed by atoms with Gasteiger partial charge >= 0.3 is 5.97 Å². The molecule has 0 radical (unpaired) electrons. The van der Waals surface area contributed by atoms with Crippen molar-refractivity contribution < 1.29 is 32.7 Å². The number of hydrogen-bond donors (Lipinski definition) is 1. The van der Waals surface area contributed by atoms with E-state index in [0.717, 1.165) is 22.0 Å². The topological polar surface area (TPSA) is 152 Å². The highest BCUT2D eigenvalue weighted by molar-refractivity contribution is 7.99. The number of carbonyl (C=O) groups excluding carboxylic acids is 3. The van der Waals surface area contributed by atoms with E-state index in [2.05, 4.69) is 15.3 Å². The first-order chi connectivity index (χ1) is 20.2. The fourth-order valence-corrected chi connectivity index (χ4v) is 5.01. The van der Waals surface area contributed by atoms with Gasteiger partial charge in [-0.2, -0.15) is 9.78 Å². The summed E-state index contributed by atoms with van der Waals surface area (Å²) in [6.45, 7) is 3.98. The average Bonchev–Trinajstić information content (AvgIpc) is 3.58. The third kappa shape index (κ3) is 7.36. The van der Waals surface area contributed by atoms with Crippen LogP contribution in [0.4, 0.5) is 10.2 Å². The molecule has 0 amide bonds. The number of carbonyl (C=O) groups is 3. The van der Waals surface area contributed by atoms with Crippen LogP contribution in [0.1, 0.15) is 55.9 Å². The summed E-state index contributed by atoms with van der Waals surface area (Å²) >= 11 is 2.19. The fourth-order valence-electron chi connectivity index (χ4n) is 3.83. The van der Waals surface area contributed by atoms with Crippen LogP contribution in [0.25, 0.3) is 0 Å². The molecule has 4 rings (SSSR count). The lowest BCUT2D eigenvalue weighted by Crippen LogP contribution is -2.18. The Balaban J connectivity index is 1.30. The summed E-state index contributed by atoms with van der Waals surface area (Å²) in [4.78, 5) is 38.0. The van der Waals surface area contributed by atoms with E-state index < -0.39 is 17.7 Å². The smallest absolute Gasteiger partial charge is 0.344 e. The van der Waals surface area contributed by atoms with E-state index in [9.17, 15) is 18.8 Å². The minimum atomic E-state index is -0.644. The Morgan fingerprint density at radius 1 is 1.12 bits per heavy atom. The van der Waals surface area contributed by atoms with Gasteiger partial charge in [0.2, 0.25) is 5.89 Å². The summed E-state index contributed by atoms with van der Waals surface area (Å²) < 4.78 is 30.8. The van der Waals surface area contributed by atoms with Crippen LogP contribution in [0.2, 0.25) is 0 Å². The molecule has 2 aromatic carbocycles. The molecule has 0 aliphatic rings. The Bertz CT molecular complexity index is 1590. The summed E-state index contributed by atoms with van der Waals surface area (Å²) in [5.41, 5.74) is 7.72. The number of esters is 1. The SMILES string of the molecule is CCOC(=O)c1c(SC)nn(C(=O)CSc2nnc(CCCOc3ccc(C)cc3C(=O)c3ccc(F)cc3)o2)c1N. The highest BCUT2D eigenvalue weighted by Crippen LogP contribution is 2.27. The summed E-state index contributed by atoms with van der Waals surface area (Å²) in [5, 5.41) is 12.6. The second-order valence-corrected chi connectivity index (χ2v) is 10.6. The first-order valence-electron chi connectivity index (χ1n) is 12.8. The van der Waals surface area contributed by atoms with Crippen molar-refractivity contribution in [1.29, 1.82) is 0 Å². The van der Waals surface area contributed by atoms with Gasteiger partial charge in [-0.05, 0) is 62.9 Å². The van der Waals surface area contributed by atoms with Gasteiger partial charge in [0.15, 0.2) is 5.78 Å². The van der Waals surface area contributed by atoms with Gasteiger partial charge in [-0.15, -0.1) is 22.0 Å². The molecule has 0 aliphatic heterocycles. The first-order valence-corrected chi connectivity index (χ1v) is 15.0. The molecular formula is C28H28FN5O6S2. The molecule has 2 heterocycles. The molecular weight excluding hydrogens is 585 g/mol. The maximum Gasteiger partial charge on any atom is 0.344 e. The van der Waals surface area contributed by atoms with E-state index in [4.69, 9.17) is 19.6 Å². The molecule has 0 bridgehead atoms. The number of rotatable bonds is 13. The van der Waals surface area contributed by atoms with Gasteiger partial charge in [-0.3, -0.25) is 9.59 Å². The molecule has 220 valence electrons. The summed E-state index contributed by atoms with van der Waals surface area (Å²) in [6.07, 6.45) is 2.63. The molecule has 2 N–H and O–H groups in total. The Labute approximate surface area is 249 Å². The van der Waals surface area contributed by atoms with E-state index >= 15 is 0 Å². The molecule has 0 saturated carbocycles. The van der Waals surface area contributed by atoms with Crippen LogP contribution >= 0.6 is 23.5 Å². The van der Waals surface area contributed by atoms with Crippen LogP contribution in [-0.4, -0.2) is 62.9 Å². The van der Waals surface area contributed by atoms with Crippen molar-refractivity contribution in [2.24, 2.45) is 0 Å². The number of aromatic nitrogens is 4. The molecule has 0 atom stereocenters. The number of nitrogens with zero attached hydrogens (tertiary/aromatic N) is 4. The van der Waals surface area contributed by atoms with Crippen molar-refractivity contribution in [2.75, 3.05) is 31.0 Å². The molecule has 42 heavy (non-hydrogen) atoms. The molecule has 0 aliphatic carbocycles. The van der Waals surface area contributed by atoms with Gasteiger partial charge in [0, 0.05) is 12.0 Å². The molecule has 0 unspecified atom stereocenters. The van der Waals surface area contributed by atoms with Gasteiger partial charge in [0.25, 0.3) is 11.1 Å². The third-order valence-electron chi connectivity index (χ3n) is 5.84. The van der Waals surface area contributed by atoms with Crippen molar-refractivity contribution in [3.05, 3.63) is 76.4 Å². The number of benzene rings is 2. The van der Waals surface area contributed by atoms with Gasteiger partial charge in [-0.1, -0.05) is 23.4 Å². The number of nitrogens with two attached hydrogens (primary N) is 1. The number of ether oxygens (including phenoxy) is 2. The number of aryl methyl sites for hydroxylation is 2. The maximum atomic E-state index is 13.3. The van der Waals surface area contributed by atoms with Crippen molar-refractivity contribution in [2.45, 2.75) is 36.9 Å². The van der Waals surface area contributed by atoms with Crippen molar-refractivity contribution >= 4 is 47.0 Å². The minimum absolute atomic E-state index is 0.0579. The van der Waals surface area contributed by atoms with Gasteiger partial charge in [0.05, 0.1) is 24.5 Å². The lowest BCUT2D eigenvalue weighted by atomic mass is 10.0. The standard InChI is InChI=1S/C28H28FN5O6S2/c1-4-38-27(37)23-25(30)34(33-26(23)41-3)22(35)15-42-28-32-31-21(40-28)6-5-13-39-20-12-7-16(2)14-19(20)24(36)17-8-10-18(29)11-9-17/h7-12,14H,4-6,13,15,30H2,1-3H3. The second kappa shape index (κ2) is 14.1. The lowest BCUT2D eigenvalue weighted by molar-refractivity contribution is 0.0523. The Kier molecular flexibility index (Phi) is 10.4. The quantitative estimate of drug-likeness (QED) is 0.0947. The Morgan fingerprint density at radius 3 is 2.60 bits per heavy atom. The number of anilines is 1. The fraction of sp³-hybridized carbons (Fsp3) is 0.286. The lowest BCUT2D eigenvalue weighted by Gasteiger charge is -2.11. The van der Waals surface area contributed by atoms with Crippen LogP contribution in [0.15, 0.2) is 57.1 Å². The second-order valence-electron chi connectivity index (χ2n) is 8.83. The Hall–Kier alpha value is -4.17. The normalized spacial score (nSPS) is 11.0. The van der Waals surface area contributed by atoms with E-state index in [1.165, 1.54) is 36.0 Å². The van der Waals surface area contributed by atoms with Crippen LogP contribution < -0.4 is 10.5 Å². The molecule has 14 heteroatoms. The molecule has 0 spiro atoms. The zero-order valence-corrected chi connectivity index (χ0v) is 24.7. The number of hydrogen-bond acceptors (Lipinski definition) is 12. The Morgan fingerprint density at radius 2 is 1.88 bits per heavy atom. The van der Waals surface area contributed by atoms with Crippen molar-refractivity contribution in [1.82, 2.24) is 20.0 Å². The van der Waals surface area contributed by atoms with Gasteiger partial charge in [-0.25, -0.2) is 9.18 Å². The predicted octanol–water partition coefficient (Wildman–Crippen LogP) is 4.87. The number of nitrogen functional groups attached to an aromatic ring is 1. The monoisotopic (exact) mass is 613 g/mol. The zero-order valence-electron chi connectivity index (χ0n) is 23.1. The maximum absolute atomic E-state index is 13.3. The highest BCUT2D eigenvalue weighted by atomic mass is 32.2. The van der Waals surface area contributed by atoms with Crippen molar-refractivity contribution in [3.63, 3.8) is 0 Å². The molecule has 2 aromatic heterocycles. The van der Waals surface area contributed by atoms with Crippen LogP contribution in [-0.2, 0) is 11.2 Å². The van der Waals surface area contributed by atoms with E-state index in [1.807, 2.05) is 13.0 Å². The van der Waals surface area contributed by atoms with Crippen LogP contribution in [0.3, 0.4) is 0 Å². The average molecular weight is 614 g/mol. The summed E-state index contributed by atoms with van der Waals surface area (Å²) in [5.74, 6) is -1.22. The molecule has 4 aromatic rings.